The van der Waals surface area contributed by atoms with Crippen molar-refractivity contribution >= 4 is 5.82 Å². The van der Waals surface area contributed by atoms with Crippen LogP contribution < -0.4 is 10.2 Å². The first-order valence-electron chi connectivity index (χ1n) is 8.47. The van der Waals surface area contributed by atoms with Crippen LogP contribution >= 0.6 is 0 Å². The standard InChI is InChI=1S/C18H29N3/c1-18(2,3)15-6-7-17(20-13-15)21-10-8-16(9-11-21)19-12-14-4-5-14/h6-7,13-14,16,19H,4-5,8-12H2,1-3H3. The van der Waals surface area contributed by atoms with E-state index in [1.807, 2.05) is 6.20 Å². The van der Waals surface area contributed by atoms with E-state index in [4.69, 9.17) is 0 Å². The van der Waals surface area contributed by atoms with Crippen LogP contribution in [0, 0.1) is 5.92 Å². The van der Waals surface area contributed by atoms with Gasteiger partial charge in [0.1, 0.15) is 5.82 Å². The van der Waals surface area contributed by atoms with E-state index < -0.39 is 0 Å². The molecule has 1 aromatic heterocycles. The first-order valence-corrected chi connectivity index (χ1v) is 8.47. The van der Waals surface area contributed by atoms with Gasteiger partial charge in [-0.1, -0.05) is 26.8 Å². The molecule has 1 N–H and O–H groups in total. The van der Waals surface area contributed by atoms with Gasteiger partial charge in [-0.25, -0.2) is 4.98 Å². The highest BCUT2D eigenvalue weighted by Crippen LogP contribution is 2.28. The molecular formula is C18H29N3. The average molecular weight is 287 g/mol. The SMILES string of the molecule is CC(C)(C)c1ccc(N2CCC(NCC3CC3)CC2)nc1. The molecule has 3 heteroatoms. The number of anilines is 1. The van der Waals surface area contributed by atoms with Crippen LogP contribution in [0.4, 0.5) is 5.82 Å². The van der Waals surface area contributed by atoms with E-state index in [0.717, 1.165) is 30.9 Å². The van der Waals surface area contributed by atoms with Gasteiger partial charge in [-0.2, -0.15) is 0 Å². The molecule has 3 nitrogen and oxygen atoms in total. The van der Waals surface area contributed by atoms with Crippen LogP contribution in [0.1, 0.15) is 52.0 Å². The van der Waals surface area contributed by atoms with Gasteiger partial charge in [-0.05, 0) is 55.2 Å². The Kier molecular flexibility index (Phi) is 4.21. The minimum absolute atomic E-state index is 0.186. The lowest BCUT2D eigenvalue weighted by atomic mass is 9.88. The van der Waals surface area contributed by atoms with E-state index in [2.05, 4.69) is 48.1 Å². The van der Waals surface area contributed by atoms with E-state index in [9.17, 15) is 0 Å². The van der Waals surface area contributed by atoms with Crippen LogP contribution in [0.2, 0.25) is 0 Å². The molecular weight excluding hydrogens is 258 g/mol. The number of nitrogens with zero attached hydrogens (tertiary/aromatic N) is 2. The predicted molar refractivity (Wildman–Crippen MR) is 88.9 cm³/mol. The van der Waals surface area contributed by atoms with Crippen molar-refractivity contribution in [2.45, 2.75) is 57.9 Å². The van der Waals surface area contributed by atoms with Gasteiger partial charge < -0.3 is 10.2 Å². The highest BCUT2D eigenvalue weighted by molar-refractivity contribution is 5.41. The molecule has 1 saturated heterocycles. The topological polar surface area (TPSA) is 28.2 Å². The largest absolute Gasteiger partial charge is 0.357 e. The van der Waals surface area contributed by atoms with Gasteiger partial charge in [0.25, 0.3) is 0 Å². The first kappa shape index (κ1) is 14.8. The number of rotatable bonds is 4. The summed E-state index contributed by atoms with van der Waals surface area (Å²) in [6.07, 6.45) is 7.42. The minimum atomic E-state index is 0.186. The molecule has 1 aromatic rings. The van der Waals surface area contributed by atoms with Crippen molar-refractivity contribution in [1.82, 2.24) is 10.3 Å². The maximum absolute atomic E-state index is 4.68. The molecule has 0 amide bonds. The third-order valence-corrected chi connectivity index (χ3v) is 4.82. The third-order valence-electron chi connectivity index (χ3n) is 4.82. The van der Waals surface area contributed by atoms with Crippen molar-refractivity contribution in [3.05, 3.63) is 23.9 Å². The summed E-state index contributed by atoms with van der Waals surface area (Å²) >= 11 is 0. The van der Waals surface area contributed by atoms with E-state index >= 15 is 0 Å². The first-order chi connectivity index (χ1) is 10.0. The highest BCUT2D eigenvalue weighted by Gasteiger charge is 2.25. The number of hydrogen-bond acceptors (Lipinski definition) is 3. The molecule has 2 aliphatic rings. The number of pyridine rings is 1. The number of hydrogen-bond donors (Lipinski definition) is 1. The Morgan fingerprint density at radius 3 is 2.38 bits per heavy atom. The summed E-state index contributed by atoms with van der Waals surface area (Å²) in [5.74, 6) is 2.12. The Labute approximate surface area is 129 Å². The van der Waals surface area contributed by atoms with E-state index in [-0.39, 0.29) is 5.41 Å². The van der Waals surface area contributed by atoms with E-state index in [0.29, 0.717) is 0 Å². The third kappa shape index (κ3) is 3.97. The minimum Gasteiger partial charge on any atom is -0.357 e. The van der Waals surface area contributed by atoms with Crippen LogP contribution in [0.5, 0.6) is 0 Å². The molecule has 0 radical (unpaired) electrons. The van der Waals surface area contributed by atoms with Crippen molar-refractivity contribution < 1.29 is 0 Å². The smallest absolute Gasteiger partial charge is 0.128 e. The molecule has 2 heterocycles. The molecule has 3 rings (SSSR count). The number of aromatic nitrogens is 1. The van der Waals surface area contributed by atoms with E-state index in [1.54, 1.807) is 0 Å². The van der Waals surface area contributed by atoms with Gasteiger partial charge in [0.2, 0.25) is 0 Å². The van der Waals surface area contributed by atoms with Crippen LogP contribution in [-0.4, -0.2) is 30.7 Å². The second-order valence-electron chi connectivity index (χ2n) is 7.77. The zero-order valence-corrected chi connectivity index (χ0v) is 13.7. The van der Waals surface area contributed by atoms with Crippen molar-refractivity contribution in [1.29, 1.82) is 0 Å². The second kappa shape index (κ2) is 5.96. The van der Waals surface area contributed by atoms with Crippen molar-refractivity contribution in [3.63, 3.8) is 0 Å². The number of nitrogens with one attached hydrogen (secondary N) is 1. The lowest BCUT2D eigenvalue weighted by Gasteiger charge is -2.33. The summed E-state index contributed by atoms with van der Waals surface area (Å²) in [5.41, 5.74) is 1.50. The monoisotopic (exact) mass is 287 g/mol. The molecule has 0 atom stereocenters. The van der Waals surface area contributed by atoms with Crippen LogP contribution in [0.3, 0.4) is 0 Å². The maximum atomic E-state index is 4.68. The van der Waals surface area contributed by atoms with Crippen molar-refractivity contribution in [3.8, 4) is 0 Å². The molecule has 1 aliphatic heterocycles. The fourth-order valence-corrected chi connectivity index (χ4v) is 2.98. The van der Waals surface area contributed by atoms with Crippen LogP contribution in [0.15, 0.2) is 18.3 Å². The maximum Gasteiger partial charge on any atom is 0.128 e. The van der Waals surface area contributed by atoms with E-state index in [1.165, 1.54) is 37.8 Å². The summed E-state index contributed by atoms with van der Waals surface area (Å²) in [4.78, 5) is 7.12. The highest BCUT2D eigenvalue weighted by atomic mass is 15.2. The lowest BCUT2D eigenvalue weighted by Crippen LogP contribution is -2.43. The van der Waals surface area contributed by atoms with Crippen molar-refractivity contribution in [2.75, 3.05) is 24.5 Å². The van der Waals surface area contributed by atoms with Crippen molar-refractivity contribution in [2.24, 2.45) is 5.92 Å². The quantitative estimate of drug-likeness (QED) is 0.920. The molecule has 116 valence electrons. The normalized spacial score (nSPS) is 20.8. The lowest BCUT2D eigenvalue weighted by molar-refractivity contribution is 0.407. The summed E-state index contributed by atoms with van der Waals surface area (Å²) in [6, 6.07) is 5.15. The zero-order valence-electron chi connectivity index (χ0n) is 13.7. The molecule has 0 unspecified atom stereocenters. The van der Waals surface area contributed by atoms with Gasteiger partial charge in [0, 0.05) is 25.3 Å². The fraction of sp³-hybridized carbons (Fsp3) is 0.722. The summed E-state index contributed by atoms with van der Waals surface area (Å²) in [7, 11) is 0. The Balaban J connectivity index is 1.51. The Hall–Kier alpha value is -1.09. The summed E-state index contributed by atoms with van der Waals surface area (Å²) in [6.45, 7) is 10.2. The molecule has 1 saturated carbocycles. The van der Waals surface area contributed by atoms with Gasteiger partial charge in [-0.15, -0.1) is 0 Å². The second-order valence-corrected chi connectivity index (χ2v) is 7.77. The average Bonchev–Trinajstić information content (AvgIpc) is 3.29. The number of piperidine rings is 1. The predicted octanol–water partition coefficient (Wildman–Crippen LogP) is 3.35. The fourth-order valence-electron chi connectivity index (χ4n) is 2.98. The molecule has 2 fully saturated rings. The summed E-state index contributed by atoms with van der Waals surface area (Å²) < 4.78 is 0. The van der Waals surface area contributed by atoms with Gasteiger partial charge in [-0.3, -0.25) is 0 Å². The van der Waals surface area contributed by atoms with Gasteiger partial charge >= 0.3 is 0 Å². The Morgan fingerprint density at radius 2 is 1.86 bits per heavy atom. The van der Waals surface area contributed by atoms with Gasteiger partial charge in [0.05, 0.1) is 0 Å². The molecule has 0 bridgehead atoms. The Morgan fingerprint density at radius 1 is 1.14 bits per heavy atom. The zero-order chi connectivity index (χ0) is 14.9. The summed E-state index contributed by atoms with van der Waals surface area (Å²) in [5, 5.41) is 3.74. The van der Waals surface area contributed by atoms with Crippen LogP contribution in [0.25, 0.3) is 0 Å². The molecule has 1 aliphatic carbocycles. The molecule has 0 spiro atoms. The molecule has 0 aromatic carbocycles. The van der Waals surface area contributed by atoms with Gasteiger partial charge in [0.15, 0.2) is 0 Å². The van der Waals surface area contributed by atoms with Crippen LogP contribution in [-0.2, 0) is 5.41 Å². The Bertz CT molecular complexity index is 448. The molecule has 21 heavy (non-hydrogen) atoms.